The molecule has 0 aliphatic carbocycles. The van der Waals surface area contributed by atoms with E-state index in [-0.39, 0.29) is 12.1 Å². The van der Waals surface area contributed by atoms with Crippen LogP contribution >= 0.6 is 0 Å². The molecule has 0 aliphatic heterocycles. The first-order chi connectivity index (χ1) is 10.6. The van der Waals surface area contributed by atoms with Gasteiger partial charge >= 0.3 is 5.97 Å². The van der Waals surface area contributed by atoms with Crippen LogP contribution in [0.4, 0.5) is 5.69 Å². The van der Waals surface area contributed by atoms with Crippen LogP contribution in [0, 0.1) is 10.1 Å². The predicted molar refractivity (Wildman–Crippen MR) is 81.2 cm³/mol. The topological polar surface area (TPSA) is 132 Å². The van der Waals surface area contributed by atoms with E-state index in [1.165, 1.54) is 13.8 Å². The van der Waals surface area contributed by atoms with E-state index in [9.17, 15) is 24.5 Å². The Morgan fingerprint density at radius 1 is 1.43 bits per heavy atom. The van der Waals surface area contributed by atoms with Crippen LogP contribution in [-0.4, -0.2) is 32.5 Å². The van der Waals surface area contributed by atoms with Crippen LogP contribution in [-0.2, 0) is 15.1 Å². The lowest BCUT2D eigenvalue weighted by atomic mass is 10.0. The number of carbonyl (C=O) groups excluding carboxylic acids is 1. The van der Waals surface area contributed by atoms with Gasteiger partial charge < -0.3 is 10.4 Å². The summed E-state index contributed by atoms with van der Waals surface area (Å²) in [4.78, 5) is 45.6. The molecule has 23 heavy (non-hydrogen) atoms. The van der Waals surface area contributed by atoms with Gasteiger partial charge in [0.2, 0.25) is 5.91 Å². The number of carboxylic acids is 1. The van der Waals surface area contributed by atoms with Crippen molar-refractivity contribution in [1.82, 2.24) is 9.88 Å². The maximum absolute atomic E-state index is 12.4. The summed E-state index contributed by atoms with van der Waals surface area (Å²) in [7, 11) is 0. The summed E-state index contributed by atoms with van der Waals surface area (Å²) < 4.78 is 0.922. The van der Waals surface area contributed by atoms with E-state index in [0.717, 1.165) is 22.9 Å². The van der Waals surface area contributed by atoms with Gasteiger partial charge in [-0.25, -0.2) is 4.79 Å². The minimum Gasteiger partial charge on any atom is -0.480 e. The molecule has 0 spiro atoms. The fourth-order valence-corrected chi connectivity index (χ4v) is 2.01. The Bertz CT molecular complexity index is 679. The molecule has 2 N–H and O–H groups in total. The molecule has 0 aromatic carbocycles. The normalized spacial score (nSPS) is 12.5. The molecular weight excluding hydrogens is 306 g/mol. The van der Waals surface area contributed by atoms with Crippen LogP contribution < -0.4 is 10.9 Å². The Balaban J connectivity index is 3.17. The van der Waals surface area contributed by atoms with Gasteiger partial charge in [0.15, 0.2) is 0 Å². The molecule has 9 heteroatoms. The average Bonchev–Trinajstić information content (AvgIpc) is 2.46. The summed E-state index contributed by atoms with van der Waals surface area (Å²) in [5.41, 5.74) is -2.42. The summed E-state index contributed by atoms with van der Waals surface area (Å²) >= 11 is 0. The number of nitrogens with one attached hydrogen (secondary N) is 1. The number of amides is 1. The first kappa shape index (κ1) is 18.3. The van der Waals surface area contributed by atoms with Crippen molar-refractivity contribution in [2.45, 2.75) is 45.2 Å². The van der Waals surface area contributed by atoms with Crippen molar-refractivity contribution in [2.24, 2.45) is 0 Å². The van der Waals surface area contributed by atoms with Crippen molar-refractivity contribution in [2.75, 3.05) is 0 Å². The highest BCUT2D eigenvalue weighted by Crippen LogP contribution is 2.17. The van der Waals surface area contributed by atoms with Crippen molar-refractivity contribution in [3.63, 3.8) is 0 Å². The van der Waals surface area contributed by atoms with E-state index < -0.39 is 33.9 Å². The highest BCUT2D eigenvalue weighted by atomic mass is 16.6. The Morgan fingerprint density at radius 2 is 2.04 bits per heavy atom. The van der Waals surface area contributed by atoms with Gasteiger partial charge in [0.25, 0.3) is 11.2 Å². The molecule has 0 fully saturated rings. The molecule has 1 unspecified atom stereocenters. The zero-order valence-corrected chi connectivity index (χ0v) is 13.1. The Morgan fingerprint density at radius 3 is 2.52 bits per heavy atom. The minimum atomic E-state index is -1.48. The van der Waals surface area contributed by atoms with E-state index in [4.69, 9.17) is 5.11 Å². The number of nitrogens with zero attached hydrogens (tertiary/aromatic N) is 2. The first-order valence-corrected chi connectivity index (χ1v) is 7.02. The van der Waals surface area contributed by atoms with Gasteiger partial charge in [-0.1, -0.05) is 13.3 Å². The zero-order valence-electron chi connectivity index (χ0n) is 13.1. The van der Waals surface area contributed by atoms with Crippen LogP contribution in [0.3, 0.4) is 0 Å². The highest BCUT2D eigenvalue weighted by Gasteiger charge is 2.34. The van der Waals surface area contributed by atoms with Gasteiger partial charge in [-0.05, 0) is 20.3 Å². The number of rotatable bonds is 7. The number of nitro groups is 1. The van der Waals surface area contributed by atoms with Gasteiger partial charge in [-0.15, -0.1) is 0 Å². The number of pyridine rings is 1. The number of carbonyl (C=O) groups is 2. The number of aliphatic carboxylic acids is 1. The van der Waals surface area contributed by atoms with Crippen LogP contribution in [0.2, 0.25) is 0 Å². The van der Waals surface area contributed by atoms with E-state index in [2.05, 4.69) is 5.32 Å². The van der Waals surface area contributed by atoms with Gasteiger partial charge in [0.05, 0.1) is 11.1 Å². The summed E-state index contributed by atoms with van der Waals surface area (Å²) in [5.74, 6) is -1.89. The van der Waals surface area contributed by atoms with Gasteiger partial charge in [-0.2, -0.15) is 0 Å². The summed E-state index contributed by atoms with van der Waals surface area (Å²) in [6.07, 6.45) is 1.76. The SMILES string of the molecule is CCCC(NC(=O)C(C)(C)n1cc([N+](=O)[O-])ccc1=O)C(=O)O. The Kier molecular flexibility index (Phi) is 5.61. The quantitative estimate of drug-likeness (QED) is 0.564. The molecule has 9 nitrogen and oxygen atoms in total. The summed E-state index contributed by atoms with van der Waals surface area (Å²) in [6.45, 7) is 4.55. The van der Waals surface area contributed by atoms with E-state index in [1.54, 1.807) is 6.92 Å². The second-order valence-electron chi connectivity index (χ2n) is 5.56. The second kappa shape index (κ2) is 7.03. The lowest BCUT2D eigenvalue weighted by molar-refractivity contribution is -0.385. The molecule has 126 valence electrons. The molecule has 1 heterocycles. The molecule has 0 aliphatic rings. The second-order valence-corrected chi connectivity index (χ2v) is 5.56. The fourth-order valence-electron chi connectivity index (χ4n) is 2.01. The van der Waals surface area contributed by atoms with E-state index in [0.29, 0.717) is 6.42 Å². The predicted octanol–water partition coefficient (Wildman–Crippen LogP) is 0.861. The molecule has 1 aromatic heterocycles. The van der Waals surface area contributed by atoms with Crippen LogP contribution in [0.5, 0.6) is 0 Å². The molecule has 0 radical (unpaired) electrons. The van der Waals surface area contributed by atoms with E-state index in [1.807, 2.05) is 0 Å². The lowest BCUT2D eigenvalue weighted by Gasteiger charge is -2.27. The Labute approximate surface area is 132 Å². The minimum absolute atomic E-state index is 0.237. The van der Waals surface area contributed by atoms with Crippen LogP contribution in [0.25, 0.3) is 0 Å². The van der Waals surface area contributed by atoms with Crippen molar-refractivity contribution in [3.8, 4) is 0 Å². The molecule has 1 atom stereocenters. The molecule has 0 saturated heterocycles. The fraction of sp³-hybridized carbons (Fsp3) is 0.500. The number of hydrogen-bond acceptors (Lipinski definition) is 5. The third-order valence-electron chi connectivity index (χ3n) is 3.44. The third-order valence-corrected chi connectivity index (χ3v) is 3.44. The average molecular weight is 325 g/mol. The molecule has 1 rings (SSSR count). The van der Waals surface area contributed by atoms with Crippen molar-refractivity contribution in [3.05, 3.63) is 38.8 Å². The monoisotopic (exact) mass is 325 g/mol. The van der Waals surface area contributed by atoms with Crippen LogP contribution in [0.1, 0.15) is 33.6 Å². The molecule has 0 saturated carbocycles. The molecule has 0 bridgehead atoms. The first-order valence-electron chi connectivity index (χ1n) is 7.02. The number of hydrogen-bond donors (Lipinski definition) is 2. The van der Waals surface area contributed by atoms with Crippen molar-refractivity contribution in [1.29, 1.82) is 0 Å². The maximum Gasteiger partial charge on any atom is 0.326 e. The van der Waals surface area contributed by atoms with Crippen molar-refractivity contribution >= 4 is 17.6 Å². The summed E-state index contributed by atoms with van der Waals surface area (Å²) in [6, 6.07) is 0.957. The zero-order chi connectivity index (χ0) is 17.8. The molecule has 1 aromatic rings. The maximum atomic E-state index is 12.4. The third kappa shape index (κ3) is 4.15. The lowest BCUT2D eigenvalue weighted by Crippen LogP contribution is -2.53. The van der Waals surface area contributed by atoms with Gasteiger partial charge in [0, 0.05) is 12.1 Å². The molecular formula is C14H19N3O6. The van der Waals surface area contributed by atoms with E-state index >= 15 is 0 Å². The largest absolute Gasteiger partial charge is 0.480 e. The van der Waals surface area contributed by atoms with Crippen molar-refractivity contribution < 1.29 is 19.6 Å². The number of aromatic nitrogens is 1. The van der Waals surface area contributed by atoms with Gasteiger partial charge in [-0.3, -0.25) is 24.3 Å². The molecule has 1 amide bonds. The smallest absolute Gasteiger partial charge is 0.326 e. The standard InChI is InChI=1S/C14H19N3O6/c1-4-5-10(12(19)20)15-13(21)14(2,3)16-8-9(17(22)23)6-7-11(16)18/h6-8,10H,4-5H2,1-3H3,(H,15,21)(H,19,20). The van der Waals surface area contributed by atoms with Crippen LogP contribution in [0.15, 0.2) is 23.1 Å². The Hall–Kier alpha value is -2.71. The number of carboxylic acid groups (broad SMARTS) is 1. The highest BCUT2D eigenvalue weighted by molar-refractivity contribution is 5.88. The summed E-state index contributed by atoms with van der Waals surface area (Å²) in [5, 5.41) is 22.3. The van der Waals surface area contributed by atoms with Gasteiger partial charge in [0.1, 0.15) is 11.6 Å².